The highest BCUT2D eigenvalue weighted by molar-refractivity contribution is 5.94. The number of aliphatic carboxylic acids is 1. The zero-order valence-corrected chi connectivity index (χ0v) is 19.0. The summed E-state index contributed by atoms with van der Waals surface area (Å²) in [7, 11) is 0. The number of carboxylic acids is 1. The van der Waals surface area contributed by atoms with Gasteiger partial charge in [-0.05, 0) is 25.7 Å². The van der Waals surface area contributed by atoms with Crippen LogP contribution in [0.3, 0.4) is 0 Å². The molecule has 0 saturated heterocycles. The van der Waals surface area contributed by atoms with Crippen LogP contribution in [0.2, 0.25) is 0 Å². The second-order valence-corrected chi connectivity index (χ2v) is 8.21. The lowest BCUT2D eigenvalue weighted by Gasteiger charge is -2.24. The summed E-state index contributed by atoms with van der Waals surface area (Å²) in [5.74, 6) is -3.95. The van der Waals surface area contributed by atoms with Crippen LogP contribution in [0.5, 0.6) is 0 Å². The van der Waals surface area contributed by atoms with Crippen molar-refractivity contribution in [3.8, 4) is 0 Å². The van der Waals surface area contributed by atoms with Gasteiger partial charge in [-0.25, -0.2) is 9.78 Å². The van der Waals surface area contributed by atoms with Gasteiger partial charge in [0.25, 0.3) is 0 Å². The fourth-order valence-corrected chi connectivity index (χ4v) is 2.93. The molecule has 0 aliphatic heterocycles. The Kier molecular flexibility index (Phi) is 11.0. The number of amides is 4. The van der Waals surface area contributed by atoms with Gasteiger partial charge in [0.1, 0.15) is 18.1 Å². The average Bonchev–Trinajstić information content (AvgIpc) is 3.22. The quantitative estimate of drug-likeness (QED) is 0.164. The number of aromatic amines is 1. The van der Waals surface area contributed by atoms with Gasteiger partial charge in [0, 0.05) is 24.7 Å². The van der Waals surface area contributed by atoms with E-state index in [-0.39, 0.29) is 31.6 Å². The van der Waals surface area contributed by atoms with E-state index in [9.17, 15) is 29.1 Å². The van der Waals surface area contributed by atoms with Crippen molar-refractivity contribution in [2.75, 3.05) is 0 Å². The monoisotopic (exact) mass is 467 g/mol. The molecule has 1 rings (SSSR count). The fraction of sp³-hybridized carbons (Fsp3) is 0.600. The van der Waals surface area contributed by atoms with Crippen molar-refractivity contribution >= 4 is 29.6 Å². The van der Waals surface area contributed by atoms with Gasteiger partial charge in [-0.2, -0.15) is 0 Å². The van der Waals surface area contributed by atoms with Gasteiger partial charge in [-0.3, -0.25) is 19.2 Å². The SMILES string of the molecule is CC(C)CC(NC(=O)C(C)NC(=O)C(N)Cc1cnc[nH]1)C(=O)NC(CCC(N)=O)C(=O)O. The number of carbonyl (C=O) groups is 5. The molecule has 184 valence electrons. The van der Waals surface area contributed by atoms with Crippen molar-refractivity contribution < 1.29 is 29.1 Å². The third-order valence-corrected chi connectivity index (χ3v) is 4.72. The number of rotatable bonds is 14. The average molecular weight is 468 g/mol. The predicted octanol–water partition coefficient (Wildman–Crippen LogP) is -1.85. The molecule has 4 amide bonds. The Labute approximate surface area is 191 Å². The summed E-state index contributed by atoms with van der Waals surface area (Å²) in [6, 6.07) is -4.31. The van der Waals surface area contributed by atoms with Crippen molar-refractivity contribution in [3.63, 3.8) is 0 Å². The smallest absolute Gasteiger partial charge is 0.326 e. The molecular weight excluding hydrogens is 434 g/mol. The number of imidazole rings is 1. The topological polar surface area (TPSA) is 222 Å². The Morgan fingerprint density at radius 1 is 1.03 bits per heavy atom. The summed E-state index contributed by atoms with van der Waals surface area (Å²) in [5, 5.41) is 16.7. The van der Waals surface area contributed by atoms with Crippen molar-refractivity contribution in [1.29, 1.82) is 0 Å². The lowest BCUT2D eigenvalue weighted by atomic mass is 10.0. The van der Waals surface area contributed by atoms with Crippen LogP contribution in [0.15, 0.2) is 12.5 Å². The molecule has 1 aromatic rings. The summed E-state index contributed by atoms with van der Waals surface area (Å²) >= 11 is 0. The van der Waals surface area contributed by atoms with Crippen LogP contribution in [-0.4, -0.2) is 68.8 Å². The number of hydrogen-bond acceptors (Lipinski definition) is 7. The third-order valence-electron chi connectivity index (χ3n) is 4.72. The van der Waals surface area contributed by atoms with E-state index in [0.29, 0.717) is 5.69 Å². The molecule has 13 nitrogen and oxygen atoms in total. The molecule has 0 radical (unpaired) electrons. The molecule has 0 bridgehead atoms. The van der Waals surface area contributed by atoms with Crippen LogP contribution >= 0.6 is 0 Å². The number of primary amides is 1. The van der Waals surface area contributed by atoms with E-state index >= 15 is 0 Å². The fourth-order valence-electron chi connectivity index (χ4n) is 2.93. The standard InChI is InChI=1S/C20H33N7O6/c1-10(2)6-15(19(31)26-14(20(32)33)4-5-16(22)28)27-17(29)11(3)25-18(30)13(21)7-12-8-23-9-24-12/h8-11,13-15H,4-7,21H2,1-3H3,(H2,22,28)(H,23,24)(H,25,30)(H,26,31)(H,27,29)(H,32,33). The van der Waals surface area contributed by atoms with E-state index < -0.39 is 53.8 Å². The first kappa shape index (κ1) is 27.6. The molecule has 1 aromatic heterocycles. The zero-order chi connectivity index (χ0) is 25.1. The van der Waals surface area contributed by atoms with Crippen molar-refractivity contribution in [2.24, 2.45) is 17.4 Å². The first-order valence-electron chi connectivity index (χ1n) is 10.6. The Bertz CT molecular complexity index is 827. The van der Waals surface area contributed by atoms with Crippen LogP contribution in [0.4, 0.5) is 0 Å². The second kappa shape index (κ2) is 13.2. The number of carbonyl (C=O) groups excluding carboxylic acids is 4. The number of hydrogen-bond donors (Lipinski definition) is 7. The molecule has 0 fully saturated rings. The van der Waals surface area contributed by atoms with E-state index in [1.54, 1.807) is 0 Å². The molecular formula is C20H33N7O6. The van der Waals surface area contributed by atoms with Crippen molar-refractivity contribution in [2.45, 2.75) is 70.6 Å². The second-order valence-electron chi connectivity index (χ2n) is 8.21. The first-order valence-corrected chi connectivity index (χ1v) is 10.6. The van der Waals surface area contributed by atoms with Gasteiger partial charge in [0.2, 0.25) is 23.6 Å². The number of H-pyrrole nitrogens is 1. The number of nitrogens with zero attached hydrogens (tertiary/aromatic N) is 1. The van der Waals surface area contributed by atoms with Gasteiger partial charge >= 0.3 is 5.97 Å². The summed E-state index contributed by atoms with van der Waals surface area (Å²) in [6.45, 7) is 5.09. The van der Waals surface area contributed by atoms with Gasteiger partial charge in [0.15, 0.2) is 0 Å². The maximum absolute atomic E-state index is 12.7. The van der Waals surface area contributed by atoms with Gasteiger partial charge < -0.3 is 37.5 Å². The number of carboxylic acid groups (broad SMARTS) is 1. The third kappa shape index (κ3) is 10.1. The van der Waals surface area contributed by atoms with Gasteiger partial charge in [0.05, 0.1) is 12.4 Å². The van der Waals surface area contributed by atoms with Gasteiger partial charge in [-0.15, -0.1) is 0 Å². The Balaban J connectivity index is 2.73. The lowest BCUT2D eigenvalue weighted by molar-refractivity contribution is -0.142. The largest absolute Gasteiger partial charge is 0.480 e. The molecule has 0 saturated carbocycles. The van der Waals surface area contributed by atoms with Crippen LogP contribution in [0.1, 0.15) is 45.7 Å². The molecule has 4 unspecified atom stereocenters. The molecule has 33 heavy (non-hydrogen) atoms. The summed E-state index contributed by atoms with van der Waals surface area (Å²) < 4.78 is 0. The molecule has 4 atom stereocenters. The summed E-state index contributed by atoms with van der Waals surface area (Å²) in [6.07, 6.45) is 3.00. The minimum Gasteiger partial charge on any atom is -0.480 e. The number of nitrogens with two attached hydrogens (primary N) is 2. The lowest BCUT2D eigenvalue weighted by Crippen LogP contribution is -2.56. The van der Waals surface area contributed by atoms with E-state index in [4.69, 9.17) is 11.5 Å². The molecule has 0 aliphatic rings. The van der Waals surface area contributed by atoms with Crippen molar-refractivity contribution in [3.05, 3.63) is 18.2 Å². The maximum atomic E-state index is 12.7. The minimum absolute atomic E-state index is 0.0114. The van der Waals surface area contributed by atoms with E-state index in [0.717, 1.165) is 0 Å². The van der Waals surface area contributed by atoms with E-state index in [1.807, 2.05) is 13.8 Å². The van der Waals surface area contributed by atoms with Crippen LogP contribution in [-0.2, 0) is 30.4 Å². The molecule has 0 spiro atoms. The number of aromatic nitrogens is 2. The van der Waals surface area contributed by atoms with Crippen molar-refractivity contribution in [1.82, 2.24) is 25.9 Å². The first-order chi connectivity index (χ1) is 15.4. The molecule has 0 aliphatic carbocycles. The Hall–Kier alpha value is -3.48. The Morgan fingerprint density at radius 3 is 2.18 bits per heavy atom. The van der Waals surface area contributed by atoms with Gasteiger partial charge in [-0.1, -0.05) is 13.8 Å². The number of nitrogens with one attached hydrogen (secondary N) is 4. The summed E-state index contributed by atoms with van der Waals surface area (Å²) in [5.41, 5.74) is 11.6. The predicted molar refractivity (Wildman–Crippen MR) is 117 cm³/mol. The van der Waals surface area contributed by atoms with Crippen LogP contribution < -0.4 is 27.4 Å². The zero-order valence-electron chi connectivity index (χ0n) is 19.0. The minimum atomic E-state index is -1.34. The highest BCUT2D eigenvalue weighted by atomic mass is 16.4. The molecule has 1 heterocycles. The maximum Gasteiger partial charge on any atom is 0.326 e. The summed E-state index contributed by atoms with van der Waals surface area (Å²) in [4.78, 5) is 66.6. The van der Waals surface area contributed by atoms with Crippen LogP contribution in [0, 0.1) is 5.92 Å². The molecule has 13 heteroatoms. The molecule has 0 aromatic carbocycles. The van der Waals surface area contributed by atoms with E-state index in [2.05, 4.69) is 25.9 Å². The molecule has 9 N–H and O–H groups in total. The highest BCUT2D eigenvalue weighted by Gasteiger charge is 2.29. The van der Waals surface area contributed by atoms with E-state index in [1.165, 1.54) is 19.4 Å². The Morgan fingerprint density at radius 2 is 1.67 bits per heavy atom. The normalized spacial score (nSPS) is 14.6. The van der Waals surface area contributed by atoms with Crippen LogP contribution in [0.25, 0.3) is 0 Å². The highest BCUT2D eigenvalue weighted by Crippen LogP contribution is 2.07.